The van der Waals surface area contributed by atoms with Gasteiger partial charge in [-0.1, -0.05) is 6.07 Å². The Morgan fingerprint density at radius 3 is 2.80 bits per heavy atom. The van der Waals surface area contributed by atoms with Crippen molar-refractivity contribution in [3.05, 3.63) is 35.1 Å². The maximum atomic E-state index is 13.1. The van der Waals surface area contributed by atoms with Gasteiger partial charge in [0.2, 0.25) is 0 Å². The van der Waals surface area contributed by atoms with Crippen LogP contribution >= 0.6 is 0 Å². The molecule has 0 aliphatic carbocycles. The topological polar surface area (TPSA) is 44.5 Å². The van der Waals surface area contributed by atoms with Crippen LogP contribution in [0.15, 0.2) is 18.2 Å². The highest BCUT2D eigenvalue weighted by atomic mass is 19.1. The van der Waals surface area contributed by atoms with E-state index in [1.54, 1.807) is 19.2 Å². The van der Waals surface area contributed by atoms with Crippen LogP contribution in [0.4, 0.5) is 4.39 Å². The van der Waals surface area contributed by atoms with Gasteiger partial charge < -0.3 is 15.2 Å². The van der Waals surface area contributed by atoms with Crippen LogP contribution < -0.4 is 5.73 Å². The molecule has 0 unspecified atom stereocenters. The third-order valence-electron chi connectivity index (χ3n) is 2.03. The van der Waals surface area contributed by atoms with E-state index in [0.717, 1.165) is 5.56 Å². The van der Waals surface area contributed by atoms with Crippen molar-refractivity contribution in [3.8, 4) is 0 Å². The summed E-state index contributed by atoms with van der Waals surface area (Å²) in [5.74, 6) is -0.266. The number of rotatable bonds is 6. The highest BCUT2D eigenvalue weighted by Gasteiger charge is 2.01. The van der Waals surface area contributed by atoms with Gasteiger partial charge in [-0.3, -0.25) is 0 Å². The average Bonchev–Trinajstić information content (AvgIpc) is 2.26. The Hall–Kier alpha value is -0.970. The van der Waals surface area contributed by atoms with Gasteiger partial charge >= 0.3 is 0 Å². The number of nitrogens with two attached hydrogens (primary N) is 1. The zero-order valence-electron chi connectivity index (χ0n) is 8.83. The van der Waals surface area contributed by atoms with Gasteiger partial charge in [-0.25, -0.2) is 4.39 Å². The van der Waals surface area contributed by atoms with Crippen LogP contribution in [0.2, 0.25) is 0 Å². The summed E-state index contributed by atoms with van der Waals surface area (Å²) in [6.45, 7) is 1.76. The first-order valence-electron chi connectivity index (χ1n) is 4.82. The minimum Gasteiger partial charge on any atom is -0.382 e. The summed E-state index contributed by atoms with van der Waals surface area (Å²) in [6.07, 6.45) is 0. The molecule has 0 bridgehead atoms. The van der Waals surface area contributed by atoms with Gasteiger partial charge in [0, 0.05) is 19.2 Å². The lowest BCUT2D eigenvalue weighted by molar-refractivity contribution is 0.0616. The van der Waals surface area contributed by atoms with Crippen LogP contribution in [-0.2, 0) is 22.6 Å². The van der Waals surface area contributed by atoms with Gasteiger partial charge in [0.1, 0.15) is 5.82 Å². The van der Waals surface area contributed by atoms with Crippen molar-refractivity contribution in [3.63, 3.8) is 0 Å². The number of methoxy groups -OCH3 is 1. The Kier molecular flexibility index (Phi) is 5.25. The molecule has 0 radical (unpaired) electrons. The maximum Gasteiger partial charge on any atom is 0.127 e. The van der Waals surface area contributed by atoms with E-state index in [2.05, 4.69) is 0 Å². The second kappa shape index (κ2) is 6.50. The van der Waals surface area contributed by atoms with Crippen LogP contribution in [0.1, 0.15) is 11.1 Å². The Morgan fingerprint density at radius 1 is 1.33 bits per heavy atom. The highest BCUT2D eigenvalue weighted by molar-refractivity contribution is 5.24. The van der Waals surface area contributed by atoms with E-state index in [-0.39, 0.29) is 12.4 Å². The molecule has 0 saturated carbocycles. The second-order valence-corrected chi connectivity index (χ2v) is 3.18. The number of ether oxygens (including phenoxy) is 2. The molecule has 0 fully saturated rings. The molecule has 4 heteroatoms. The van der Waals surface area contributed by atoms with Crippen molar-refractivity contribution >= 4 is 0 Å². The molecule has 1 aromatic rings. The van der Waals surface area contributed by atoms with E-state index in [0.29, 0.717) is 25.4 Å². The second-order valence-electron chi connectivity index (χ2n) is 3.18. The minimum absolute atomic E-state index is 0.206. The molecular weight excluding hydrogens is 197 g/mol. The number of halogens is 1. The molecule has 0 spiro atoms. The molecule has 84 valence electrons. The van der Waals surface area contributed by atoms with E-state index < -0.39 is 0 Å². The van der Waals surface area contributed by atoms with Crippen molar-refractivity contribution in [2.45, 2.75) is 13.2 Å². The molecule has 1 rings (SSSR count). The summed E-state index contributed by atoms with van der Waals surface area (Å²) < 4.78 is 23.2. The SMILES string of the molecule is COCCOCc1ccc(F)c(CN)c1. The smallest absolute Gasteiger partial charge is 0.127 e. The molecule has 0 aromatic heterocycles. The van der Waals surface area contributed by atoms with E-state index in [1.807, 2.05) is 0 Å². The monoisotopic (exact) mass is 213 g/mol. The summed E-state index contributed by atoms with van der Waals surface area (Å²) in [5.41, 5.74) is 6.84. The fourth-order valence-electron chi connectivity index (χ4n) is 1.21. The number of hydrogen-bond donors (Lipinski definition) is 1. The van der Waals surface area contributed by atoms with Gasteiger partial charge in [-0.2, -0.15) is 0 Å². The lowest BCUT2D eigenvalue weighted by atomic mass is 10.1. The predicted molar refractivity (Wildman–Crippen MR) is 55.8 cm³/mol. The molecule has 0 aliphatic rings. The molecule has 1 aromatic carbocycles. The third-order valence-corrected chi connectivity index (χ3v) is 2.03. The summed E-state index contributed by atoms with van der Waals surface area (Å²) in [7, 11) is 1.62. The van der Waals surface area contributed by atoms with Gasteiger partial charge in [0.15, 0.2) is 0 Å². The molecule has 0 saturated heterocycles. The molecule has 15 heavy (non-hydrogen) atoms. The maximum absolute atomic E-state index is 13.1. The van der Waals surface area contributed by atoms with Crippen molar-refractivity contribution in [1.82, 2.24) is 0 Å². The number of hydrogen-bond acceptors (Lipinski definition) is 3. The lowest BCUT2D eigenvalue weighted by Crippen LogP contribution is -2.04. The van der Waals surface area contributed by atoms with Crippen molar-refractivity contribution in [2.24, 2.45) is 5.73 Å². The molecular formula is C11H16FNO2. The van der Waals surface area contributed by atoms with Crippen LogP contribution in [0.25, 0.3) is 0 Å². The Balaban J connectivity index is 2.47. The highest BCUT2D eigenvalue weighted by Crippen LogP contribution is 2.10. The van der Waals surface area contributed by atoms with Gasteiger partial charge in [-0.15, -0.1) is 0 Å². The molecule has 0 amide bonds. The van der Waals surface area contributed by atoms with Crippen molar-refractivity contribution in [2.75, 3.05) is 20.3 Å². The third kappa shape index (κ3) is 3.95. The van der Waals surface area contributed by atoms with Crippen LogP contribution in [0.5, 0.6) is 0 Å². The van der Waals surface area contributed by atoms with E-state index >= 15 is 0 Å². The van der Waals surface area contributed by atoms with Gasteiger partial charge in [0.25, 0.3) is 0 Å². The van der Waals surface area contributed by atoms with Gasteiger partial charge in [0.05, 0.1) is 19.8 Å². The first-order chi connectivity index (χ1) is 7.27. The number of benzene rings is 1. The van der Waals surface area contributed by atoms with E-state index in [4.69, 9.17) is 15.2 Å². The average molecular weight is 213 g/mol. The first kappa shape index (κ1) is 12.1. The molecule has 2 N–H and O–H groups in total. The van der Waals surface area contributed by atoms with Crippen LogP contribution in [0, 0.1) is 5.82 Å². The van der Waals surface area contributed by atoms with E-state index in [1.165, 1.54) is 6.07 Å². The Labute approximate surface area is 89.0 Å². The molecule has 3 nitrogen and oxygen atoms in total. The zero-order valence-corrected chi connectivity index (χ0v) is 8.83. The minimum atomic E-state index is -0.266. The first-order valence-corrected chi connectivity index (χ1v) is 4.82. The molecule has 0 heterocycles. The standard InChI is InChI=1S/C11H16FNO2/c1-14-4-5-15-8-9-2-3-11(12)10(6-9)7-13/h2-3,6H,4-5,7-8,13H2,1H3. The molecule has 0 aliphatic heterocycles. The fraction of sp³-hybridized carbons (Fsp3) is 0.455. The van der Waals surface area contributed by atoms with Crippen molar-refractivity contribution in [1.29, 1.82) is 0 Å². The molecule has 0 atom stereocenters. The van der Waals surface area contributed by atoms with Crippen molar-refractivity contribution < 1.29 is 13.9 Å². The Morgan fingerprint density at radius 2 is 2.13 bits per heavy atom. The quantitative estimate of drug-likeness (QED) is 0.727. The predicted octanol–water partition coefficient (Wildman–Crippen LogP) is 1.45. The van der Waals surface area contributed by atoms with E-state index in [9.17, 15) is 4.39 Å². The summed E-state index contributed by atoms with van der Waals surface area (Å²) in [6, 6.07) is 4.83. The Bertz CT molecular complexity index is 305. The fourth-order valence-corrected chi connectivity index (χ4v) is 1.21. The summed E-state index contributed by atoms with van der Waals surface area (Å²) >= 11 is 0. The van der Waals surface area contributed by atoms with Crippen LogP contribution in [-0.4, -0.2) is 20.3 Å². The van der Waals surface area contributed by atoms with Crippen LogP contribution in [0.3, 0.4) is 0 Å². The largest absolute Gasteiger partial charge is 0.382 e. The zero-order chi connectivity index (χ0) is 11.1. The summed E-state index contributed by atoms with van der Waals surface area (Å²) in [5, 5.41) is 0. The lowest BCUT2D eigenvalue weighted by Gasteiger charge is -2.06. The summed E-state index contributed by atoms with van der Waals surface area (Å²) in [4.78, 5) is 0. The van der Waals surface area contributed by atoms with Gasteiger partial charge in [-0.05, 0) is 17.7 Å². The normalized spacial score (nSPS) is 10.6.